The summed E-state index contributed by atoms with van der Waals surface area (Å²) >= 11 is 0. The van der Waals surface area contributed by atoms with Crippen molar-refractivity contribution < 1.29 is 4.74 Å². The highest BCUT2D eigenvalue weighted by Gasteiger charge is 2.18. The van der Waals surface area contributed by atoms with Crippen molar-refractivity contribution in [1.82, 2.24) is 19.3 Å². The molecule has 248 valence electrons. The predicted octanol–water partition coefficient (Wildman–Crippen LogP) is 11.8. The first-order chi connectivity index (χ1) is 23.7. The summed E-state index contributed by atoms with van der Waals surface area (Å²) in [7, 11) is 0. The van der Waals surface area contributed by atoms with Gasteiger partial charge in [-0.05, 0) is 110 Å². The molecule has 3 aromatic heterocycles. The largest absolute Gasteiger partial charge is 0.457 e. The summed E-state index contributed by atoms with van der Waals surface area (Å²) in [6.07, 6.45) is 7.54. The van der Waals surface area contributed by atoms with E-state index in [4.69, 9.17) is 14.8 Å². The molecule has 0 N–H and O–H groups in total. The molecule has 0 atom stereocenters. The lowest BCUT2D eigenvalue weighted by Gasteiger charge is -2.18. The molecule has 5 nitrogen and oxygen atoms in total. The monoisotopic (exact) mass is 646 g/mol. The first kappa shape index (κ1) is 32.4. The van der Waals surface area contributed by atoms with Crippen LogP contribution in [0.15, 0.2) is 109 Å². The van der Waals surface area contributed by atoms with Gasteiger partial charge in [-0.2, -0.15) is 5.10 Å². The normalized spacial score (nSPS) is 11.9. The van der Waals surface area contributed by atoms with E-state index in [0.29, 0.717) is 0 Å². The summed E-state index contributed by atoms with van der Waals surface area (Å²) in [5.41, 5.74) is 10.6. The highest BCUT2D eigenvalue weighted by atomic mass is 16.5. The first-order valence-corrected chi connectivity index (χ1v) is 17.6. The number of aryl methyl sites for hydroxylation is 3. The van der Waals surface area contributed by atoms with Gasteiger partial charge in [0, 0.05) is 40.4 Å². The summed E-state index contributed by atoms with van der Waals surface area (Å²) < 4.78 is 10.9. The first-order valence-electron chi connectivity index (χ1n) is 17.6. The van der Waals surface area contributed by atoms with Gasteiger partial charge in [0.05, 0.1) is 22.4 Å². The van der Waals surface area contributed by atoms with Gasteiger partial charge in [-0.1, -0.05) is 76.6 Å². The molecule has 0 unspecified atom stereocenters. The smallest absolute Gasteiger partial charge is 0.137 e. The Hall–Kier alpha value is -5.16. The van der Waals surface area contributed by atoms with Crippen LogP contribution in [0.2, 0.25) is 0 Å². The molecule has 0 aliphatic carbocycles. The van der Waals surface area contributed by atoms with Crippen LogP contribution in [0, 0.1) is 19.3 Å². The summed E-state index contributed by atoms with van der Waals surface area (Å²) in [4.78, 5) is 4.91. The summed E-state index contributed by atoms with van der Waals surface area (Å²) in [6, 6.07) is 36.4. The van der Waals surface area contributed by atoms with E-state index in [1.54, 1.807) is 0 Å². The molecule has 0 saturated carbocycles. The number of unbranched alkanes of at least 4 members (excludes halogenated alkanes) is 1. The molecule has 7 rings (SSSR count). The second kappa shape index (κ2) is 13.4. The maximum absolute atomic E-state index is 6.60. The zero-order chi connectivity index (χ0) is 34.1. The number of benzene rings is 4. The van der Waals surface area contributed by atoms with Crippen molar-refractivity contribution in [3.63, 3.8) is 0 Å². The van der Waals surface area contributed by atoms with Gasteiger partial charge in [-0.3, -0.25) is 4.57 Å². The van der Waals surface area contributed by atoms with Crippen LogP contribution in [0.3, 0.4) is 0 Å². The third-order valence-corrected chi connectivity index (χ3v) is 9.48. The zero-order valence-electron chi connectivity index (χ0n) is 29.6. The van der Waals surface area contributed by atoms with Crippen molar-refractivity contribution in [1.29, 1.82) is 0 Å². The summed E-state index contributed by atoms with van der Waals surface area (Å²) in [6.45, 7) is 13.3. The number of hydrogen-bond acceptors (Lipinski definition) is 3. The van der Waals surface area contributed by atoms with E-state index >= 15 is 0 Å². The Labute approximate surface area is 290 Å². The Morgan fingerprint density at radius 3 is 2.31 bits per heavy atom. The van der Waals surface area contributed by atoms with E-state index in [-0.39, 0.29) is 5.41 Å². The van der Waals surface area contributed by atoms with Crippen molar-refractivity contribution >= 4 is 21.8 Å². The number of hydrogen-bond donors (Lipinski definition) is 0. The van der Waals surface area contributed by atoms with Gasteiger partial charge in [0.1, 0.15) is 17.3 Å². The van der Waals surface area contributed by atoms with Crippen LogP contribution < -0.4 is 4.74 Å². The van der Waals surface area contributed by atoms with Crippen LogP contribution in [-0.2, 0) is 12.8 Å². The number of pyridine rings is 1. The minimum atomic E-state index is 0.272. The molecule has 0 aliphatic heterocycles. The van der Waals surface area contributed by atoms with Gasteiger partial charge in [0.2, 0.25) is 0 Å². The molecule has 0 fully saturated rings. The lowest BCUT2D eigenvalue weighted by molar-refractivity contribution is 0.378. The molecule has 0 saturated heterocycles. The molecule has 3 heterocycles. The molecule has 0 radical (unpaired) electrons. The molecule has 5 heteroatoms. The number of ether oxygens (including phenoxy) is 1. The second-order valence-electron chi connectivity index (χ2n) is 14.5. The van der Waals surface area contributed by atoms with Crippen LogP contribution >= 0.6 is 0 Å². The predicted molar refractivity (Wildman–Crippen MR) is 204 cm³/mol. The molecule has 0 amide bonds. The molecule has 49 heavy (non-hydrogen) atoms. The quantitative estimate of drug-likeness (QED) is 0.149. The van der Waals surface area contributed by atoms with E-state index in [2.05, 4.69) is 131 Å². The van der Waals surface area contributed by atoms with E-state index in [1.807, 2.05) is 29.1 Å². The van der Waals surface area contributed by atoms with Crippen molar-refractivity contribution in [3.05, 3.63) is 132 Å². The average molecular weight is 647 g/mol. The Morgan fingerprint density at radius 1 is 0.714 bits per heavy atom. The van der Waals surface area contributed by atoms with Crippen molar-refractivity contribution in [2.75, 3.05) is 0 Å². The SMILES string of the molecule is CCCCc1ccc2c(c1)c1ccc(Oc3cccc(-n4nc(C)c(-c5ccccc5)c4C)c3)cc1n2-c1cc(CCC(C)(C)C)ccn1. The minimum absolute atomic E-state index is 0.272. The standard InChI is InChI=1S/C44H46N4O/c1-7-8-13-32-18-21-40-39(26-32)38-20-19-37(29-41(38)47(40)42-27-33(23-25-45-42)22-24-44(4,5)6)49-36-17-12-16-35(28-36)48-31(3)43(30(2)46-48)34-14-10-9-11-15-34/h9-12,14-21,23,25-29H,7-8,13,22,24H2,1-6H3. The fraction of sp³-hybridized carbons (Fsp3) is 0.273. The third kappa shape index (κ3) is 6.76. The molecular weight excluding hydrogens is 601 g/mol. The Morgan fingerprint density at radius 2 is 1.51 bits per heavy atom. The molecule has 0 spiro atoms. The fourth-order valence-electron chi connectivity index (χ4n) is 6.88. The zero-order valence-corrected chi connectivity index (χ0v) is 29.6. The Kier molecular flexibility index (Phi) is 8.85. The van der Waals surface area contributed by atoms with Crippen molar-refractivity contribution in [3.8, 4) is 34.1 Å². The lowest BCUT2D eigenvalue weighted by atomic mass is 9.89. The van der Waals surface area contributed by atoms with Crippen molar-refractivity contribution in [2.24, 2.45) is 5.41 Å². The number of aromatic nitrogens is 4. The van der Waals surface area contributed by atoms with Gasteiger partial charge in [0.25, 0.3) is 0 Å². The highest BCUT2D eigenvalue weighted by molar-refractivity contribution is 6.09. The van der Waals surface area contributed by atoms with Gasteiger partial charge < -0.3 is 4.74 Å². The van der Waals surface area contributed by atoms with Crippen LogP contribution in [0.25, 0.3) is 44.4 Å². The van der Waals surface area contributed by atoms with E-state index < -0.39 is 0 Å². The average Bonchev–Trinajstić information content (AvgIpc) is 3.58. The summed E-state index contributed by atoms with van der Waals surface area (Å²) in [5.74, 6) is 2.48. The van der Waals surface area contributed by atoms with E-state index in [0.717, 1.165) is 64.7 Å². The highest BCUT2D eigenvalue weighted by Crippen LogP contribution is 2.37. The second-order valence-corrected chi connectivity index (χ2v) is 14.5. The maximum Gasteiger partial charge on any atom is 0.137 e. The van der Waals surface area contributed by atoms with Crippen molar-refractivity contribution in [2.45, 2.75) is 73.6 Å². The van der Waals surface area contributed by atoms with Crippen LogP contribution in [0.1, 0.15) is 69.5 Å². The molecule has 7 aromatic rings. The molecule has 4 aromatic carbocycles. The van der Waals surface area contributed by atoms with Crippen LogP contribution in [0.4, 0.5) is 0 Å². The van der Waals surface area contributed by atoms with E-state index in [9.17, 15) is 0 Å². The Balaban J connectivity index is 1.28. The molecule has 0 aliphatic rings. The lowest BCUT2D eigenvalue weighted by Crippen LogP contribution is -2.07. The third-order valence-electron chi connectivity index (χ3n) is 9.48. The molecular formula is C44H46N4O. The Bertz CT molecular complexity index is 2250. The number of nitrogens with zero attached hydrogens (tertiary/aromatic N) is 4. The van der Waals surface area contributed by atoms with Gasteiger partial charge >= 0.3 is 0 Å². The maximum atomic E-state index is 6.60. The van der Waals surface area contributed by atoms with Crippen LogP contribution in [-0.4, -0.2) is 19.3 Å². The molecule has 0 bridgehead atoms. The number of fused-ring (bicyclic) bond motifs is 3. The van der Waals surface area contributed by atoms with Gasteiger partial charge in [0.15, 0.2) is 0 Å². The van der Waals surface area contributed by atoms with Gasteiger partial charge in [-0.25, -0.2) is 9.67 Å². The topological polar surface area (TPSA) is 44.9 Å². The minimum Gasteiger partial charge on any atom is -0.457 e. The summed E-state index contributed by atoms with van der Waals surface area (Å²) in [5, 5.41) is 7.37. The fourth-order valence-corrected chi connectivity index (χ4v) is 6.88. The van der Waals surface area contributed by atoms with E-state index in [1.165, 1.54) is 45.9 Å². The van der Waals surface area contributed by atoms with Gasteiger partial charge in [-0.15, -0.1) is 0 Å². The number of rotatable bonds is 10. The van der Waals surface area contributed by atoms with Crippen LogP contribution in [0.5, 0.6) is 11.5 Å².